The van der Waals surface area contributed by atoms with Gasteiger partial charge in [-0.1, -0.05) is 24.3 Å². The molecule has 1 saturated carbocycles. The van der Waals surface area contributed by atoms with E-state index in [9.17, 15) is 10.1 Å². The highest BCUT2D eigenvalue weighted by atomic mass is 16.6. The summed E-state index contributed by atoms with van der Waals surface area (Å²) in [6, 6.07) is 6.55. The lowest BCUT2D eigenvalue weighted by atomic mass is 9.74. The van der Waals surface area contributed by atoms with Gasteiger partial charge in [-0.05, 0) is 24.8 Å². The first-order chi connectivity index (χ1) is 8.75. The number of allylic oxidation sites excluding steroid dienone is 2. The number of nitro benzene ring substituents is 1. The summed E-state index contributed by atoms with van der Waals surface area (Å²) in [7, 11) is 0. The summed E-state index contributed by atoms with van der Waals surface area (Å²) in [4.78, 5) is 10.4. The maximum Gasteiger partial charge on any atom is 0.294 e. The first kappa shape index (κ1) is 11.0. The Morgan fingerprint density at radius 2 is 2.22 bits per heavy atom. The lowest BCUT2D eigenvalue weighted by Crippen LogP contribution is -2.33. The third-order valence-corrected chi connectivity index (χ3v) is 3.57. The topological polar surface area (TPSA) is 67.5 Å². The molecule has 92 valence electrons. The second-order valence-electron chi connectivity index (χ2n) is 4.64. The Morgan fingerprint density at radius 1 is 1.39 bits per heavy atom. The van der Waals surface area contributed by atoms with Crippen molar-refractivity contribution in [2.45, 2.75) is 12.8 Å². The zero-order chi connectivity index (χ0) is 12.5. The molecule has 1 fully saturated rings. The summed E-state index contributed by atoms with van der Waals surface area (Å²) in [6.45, 7) is 0. The Hall–Kier alpha value is -2.17. The predicted octanol–water partition coefficient (Wildman–Crippen LogP) is 2.96. The van der Waals surface area contributed by atoms with Crippen LogP contribution in [0.5, 0.6) is 0 Å². The Balaban J connectivity index is 1.76. The van der Waals surface area contributed by atoms with Gasteiger partial charge in [-0.25, -0.2) is 0 Å². The predicted molar refractivity (Wildman–Crippen MR) is 69.5 cm³/mol. The molecule has 5 nitrogen and oxygen atoms in total. The van der Waals surface area contributed by atoms with E-state index in [0.717, 1.165) is 18.6 Å². The van der Waals surface area contributed by atoms with Gasteiger partial charge in [0.1, 0.15) is 5.69 Å². The smallest absolute Gasteiger partial charge is 0.272 e. The van der Waals surface area contributed by atoms with Crippen LogP contribution in [-0.4, -0.2) is 10.6 Å². The van der Waals surface area contributed by atoms with Gasteiger partial charge in [0.2, 0.25) is 0 Å². The van der Waals surface area contributed by atoms with Gasteiger partial charge >= 0.3 is 0 Å². The second-order valence-corrected chi connectivity index (χ2v) is 4.64. The van der Waals surface area contributed by atoms with Crippen molar-refractivity contribution in [3.63, 3.8) is 0 Å². The van der Waals surface area contributed by atoms with Gasteiger partial charge in [-0.3, -0.25) is 15.5 Å². The average Bonchev–Trinajstić information content (AvgIpc) is 2.71. The number of fused-ring (bicyclic) bond motifs is 1. The number of hydrogen-bond donors (Lipinski definition) is 1. The minimum atomic E-state index is -0.401. The van der Waals surface area contributed by atoms with Crippen LogP contribution in [0.25, 0.3) is 0 Å². The fraction of sp³-hybridized carbons (Fsp3) is 0.308. The van der Waals surface area contributed by atoms with E-state index in [4.69, 9.17) is 0 Å². The molecule has 3 rings (SSSR count). The van der Waals surface area contributed by atoms with Crippen molar-refractivity contribution in [1.29, 1.82) is 0 Å². The molecule has 1 aromatic rings. The summed E-state index contributed by atoms with van der Waals surface area (Å²) in [5.74, 6) is 1.15. The fourth-order valence-corrected chi connectivity index (χ4v) is 2.52. The molecule has 2 aliphatic rings. The van der Waals surface area contributed by atoms with Crippen molar-refractivity contribution in [1.82, 2.24) is 0 Å². The minimum absolute atomic E-state index is 0.0553. The number of anilines is 1. The quantitative estimate of drug-likeness (QED) is 0.504. The Morgan fingerprint density at radius 3 is 3.00 bits per heavy atom. The van der Waals surface area contributed by atoms with E-state index in [1.807, 2.05) is 0 Å². The number of benzene rings is 1. The lowest BCUT2D eigenvalue weighted by Gasteiger charge is -2.31. The lowest BCUT2D eigenvalue weighted by molar-refractivity contribution is -0.384. The Labute approximate surface area is 104 Å². The van der Waals surface area contributed by atoms with E-state index < -0.39 is 4.92 Å². The molecule has 2 atom stereocenters. The highest BCUT2D eigenvalue weighted by Gasteiger charge is 2.37. The van der Waals surface area contributed by atoms with E-state index in [0.29, 0.717) is 17.5 Å². The normalized spacial score (nSPS) is 26.8. The molecule has 0 amide bonds. The number of nitrogens with zero attached hydrogens (tertiary/aromatic N) is 2. The maximum atomic E-state index is 10.8. The van der Waals surface area contributed by atoms with Crippen LogP contribution in [0.15, 0.2) is 41.5 Å². The van der Waals surface area contributed by atoms with E-state index in [-0.39, 0.29) is 5.69 Å². The first-order valence-electron chi connectivity index (χ1n) is 5.98. The number of nitrogens with one attached hydrogen (secondary N) is 1. The van der Waals surface area contributed by atoms with Crippen molar-refractivity contribution in [3.8, 4) is 0 Å². The summed E-state index contributed by atoms with van der Waals surface area (Å²) in [5, 5.41) is 15.1. The molecule has 0 saturated heterocycles. The van der Waals surface area contributed by atoms with Crippen LogP contribution in [0, 0.1) is 22.0 Å². The van der Waals surface area contributed by atoms with Crippen LogP contribution in [0.1, 0.15) is 12.8 Å². The molecule has 5 heteroatoms. The van der Waals surface area contributed by atoms with Crippen molar-refractivity contribution >= 4 is 17.1 Å². The van der Waals surface area contributed by atoms with Gasteiger partial charge < -0.3 is 0 Å². The van der Waals surface area contributed by atoms with Crippen molar-refractivity contribution in [3.05, 3.63) is 46.5 Å². The highest BCUT2D eigenvalue weighted by molar-refractivity contribution is 5.95. The number of nitro groups is 1. The molecular formula is C13H13N3O2. The Kier molecular flexibility index (Phi) is 2.59. The standard InChI is InChI=1S/C13H13N3O2/c17-16(18)13-7-2-1-6-11(13)14-15-12-8-9-4-3-5-10(9)12/h1-3,5-7,9-10,14H,4,8H2/b15-12-/t9-,10-/m1/s1. The van der Waals surface area contributed by atoms with Crippen LogP contribution in [-0.2, 0) is 0 Å². The van der Waals surface area contributed by atoms with Gasteiger partial charge in [-0.15, -0.1) is 0 Å². The van der Waals surface area contributed by atoms with Gasteiger partial charge in [0, 0.05) is 17.7 Å². The summed E-state index contributed by atoms with van der Waals surface area (Å²) >= 11 is 0. The molecule has 18 heavy (non-hydrogen) atoms. The van der Waals surface area contributed by atoms with E-state index in [1.54, 1.807) is 18.2 Å². The molecule has 0 aliphatic heterocycles. The Bertz CT molecular complexity index is 551. The largest absolute Gasteiger partial charge is 0.294 e. The van der Waals surface area contributed by atoms with E-state index in [2.05, 4.69) is 22.7 Å². The van der Waals surface area contributed by atoms with Crippen LogP contribution in [0.2, 0.25) is 0 Å². The van der Waals surface area contributed by atoms with E-state index in [1.165, 1.54) is 6.07 Å². The summed E-state index contributed by atoms with van der Waals surface area (Å²) in [6.07, 6.45) is 6.48. The molecule has 0 unspecified atom stereocenters. The zero-order valence-corrected chi connectivity index (χ0v) is 9.74. The molecular weight excluding hydrogens is 230 g/mol. The van der Waals surface area contributed by atoms with Crippen molar-refractivity contribution < 1.29 is 4.92 Å². The summed E-state index contributed by atoms with van der Waals surface area (Å²) < 4.78 is 0. The number of hydrazone groups is 1. The molecule has 0 radical (unpaired) electrons. The second kappa shape index (κ2) is 4.25. The van der Waals surface area contributed by atoms with Crippen LogP contribution < -0.4 is 5.43 Å². The monoisotopic (exact) mass is 243 g/mol. The first-order valence-corrected chi connectivity index (χ1v) is 5.98. The van der Waals surface area contributed by atoms with E-state index >= 15 is 0 Å². The number of hydrogen-bond acceptors (Lipinski definition) is 4. The minimum Gasteiger partial charge on any atom is -0.272 e. The molecule has 0 heterocycles. The number of rotatable bonds is 3. The fourth-order valence-electron chi connectivity index (χ4n) is 2.52. The summed E-state index contributed by atoms with van der Waals surface area (Å²) in [5.41, 5.74) is 4.41. The zero-order valence-electron chi connectivity index (χ0n) is 9.74. The van der Waals surface area contributed by atoms with Crippen LogP contribution in [0.4, 0.5) is 11.4 Å². The van der Waals surface area contributed by atoms with Crippen molar-refractivity contribution in [2.75, 3.05) is 5.43 Å². The molecule has 2 aliphatic carbocycles. The van der Waals surface area contributed by atoms with Gasteiger partial charge in [0.15, 0.2) is 0 Å². The van der Waals surface area contributed by atoms with Gasteiger partial charge in [0.05, 0.1) is 4.92 Å². The van der Waals surface area contributed by atoms with Crippen LogP contribution in [0.3, 0.4) is 0 Å². The third-order valence-electron chi connectivity index (χ3n) is 3.57. The average molecular weight is 243 g/mol. The highest BCUT2D eigenvalue weighted by Crippen LogP contribution is 2.40. The molecule has 0 aromatic heterocycles. The molecule has 1 aromatic carbocycles. The molecule has 0 bridgehead atoms. The number of para-hydroxylation sites is 2. The van der Waals surface area contributed by atoms with Gasteiger partial charge in [-0.2, -0.15) is 5.10 Å². The van der Waals surface area contributed by atoms with Gasteiger partial charge in [0.25, 0.3) is 5.69 Å². The van der Waals surface area contributed by atoms with Crippen molar-refractivity contribution in [2.24, 2.45) is 16.9 Å². The molecule has 0 spiro atoms. The third kappa shape index (κ3) is 1.77. The SMILES string of the molecule is O=[N+]([O-])c1ccccc1N/N=C1/C[C@H]2CC=C[C@@H]12. The maximum absolute atomic E-state index is 10.8. The van der Waals surface area contributed by atoms with Crippen LogP contribution >= 0.6 is 0 Å². The molecule has 1 N–H and O–H groups in total.